The molecule has 2 saturated carbocycles. The fourth-order valence-corrected chi connectivity index (χ4v) is 10.8. The lowest BCUT2D eigenvalue weighted by atomic mass is 9.68. The van der Waals surface area contributed by atoms with E-state index in [1.165, 1.54) is 21.8 Å². The van der Waals surface area contributed by atoms with Crippen LogP contribution in [0.2, 0.25) is 0 Å². The Balaban J connectivity index is 1.11. The van der Waals surface area contributed by atoms with Crippen molar-refractivity contribution in [3.05, 3.63) is 110 Å². The number of nitrogens with zero attached hydrogens (tertiary/aromatic N) is 1. The molecule has 2 amide bonds. The van der Waals surface area contributed by atoms with Gasteiger partial charge in [0, 0.05) is 16.0 Å². The lowest BCUT2D eigenvalue weighted by Gasteiger charge is -2.43. The number of carbonyl (C=O) groups is 2. The fraction of sp³-hybridized carbons (Fsp3) is 0.324. The lowest BCUT2D eigenvalue weighted by Crippen LogP contribution is -2.42. The molecule has 4 aromatic rings. The first kappa shape index (κ1) is 26.0. The molecule has 42 heavy (non-hydrogen) atoms. The van der Waals surface area contributed by atoms with Crippen LogP contribution in [-0.4, -0.2) is 22.0 Å². The second-order valence-electron chi connectivity index (χ2n) is 12.2. The van der Waals surface area contributed by atoms with Crippen molar-refractivity contribution in [3.8, 4) is 5.75 Å². The van der Waals surface area contributed by atoms with Gasteiger partial charge in [0.25, 0.3) is 0 Å². The fourth-order valence-electron chi connectivity index (χ4n) is 7.96. The minimum atomic E-state index is -0.303. The summed E-state index contributed by atoms with van der Waals surface area (Å²) in [6.45, 7) is 4.57. The molecule has 1 saturated heterocycles. The zero-order valence-electron chi connectivity index (χ0n) is 23.3. The summed E-state index contributed by atoms with van der Waals surface area (Å²) in [6.07, 6.45) is 0.879. The van der Waals surface area contributed by atoms with Gasteiger partial charge in [0.15, 0.2) is 0 Å². The van der Waals surface area contributed by atoms with E-state index in [9.17, 15) is 14.4 Å². The average molecular weight is 595 g/mol. The van der Waals surface area contributed by atoms with Gasteiger partial charge in [-0.1, -0.05) is 71.0 Å². The maximum Gasteiger partial charge on any atom is 0.305 e. The van der Waals surface area contributed by atoms with Crippen LogP contribution in [0.5, 0.6) is 5.75 Å². The smallest absolute Gasteiger partial charge is 0.305 e. The van der Waals surface area contributed by atoms with E-state index in [-0.39, 0.29) is 57.4 Å². The molecule has 3 fully saturated rings. The summed E-state index contributed by atoms with van der Waals surface area (Å²) < 4.78 is 6.08. The van der Waals surface area contributed by atoms with Crippen molar-refractivity contribution in [3.63, 3.8) is 0 Å². The highest BCUT2D eigenvalue weighted by molar-refractivity contribution is 8.00. The molecule has 2 aliphatic carbocycles. The first-order valence-electron chi connectivity index (χ1n) is 14.5. The third-order valence-corrected chi connectivity index (χ3v) is 12.4. The van der Waals surface area contributed by atoms with E-state index in [4.69, 9.17) is 4.74 Å². The number of thiazole rings is 1. The number of amides is 2. The zero-order chi connectivity index (χ0) is 28.7. The van der Waals surface area contributed by atoms with Crippen molar-refractivity contribution < 1.29 is 14.3 Å². The highest BCUT2D eigenvalue weighted by Crippen LogP contribution is 2.68. The van der Waals surface area contributed by atoms with E-state index < -0.39 is 0 Å². The summed E-state index contributed by atoms with van der Waals surface area (Å²) in [7, 11) is 0. The van der Waals surface area contributed by atoms with Gasteiger partial charge < -0.3 is 9.72 Å². The van der Waals surface area contributed by atoms with E-state index >= 15 is 0 Å². The summed E-state index contributed by atoms with van der Waals surface area (Å²) in [4.78, 5) is 45.8. The predicted molar refractivity (Wildman–Crippen MR) is 164 cm³/mol. The molecule has 1 aromatic heterocycles. The third-order valence-electron chi connectivity index (χ3n) is 9.78. The van der Waals surface area contributed by atoms with Crippen LogP contribution >= 0.6 is 23.1 Å². The van der Waals surface area contributed by atoms with Crippen molar-refractivity contribution >= 4 is 40.6 Å². The maximum absolute atomic E-state index is 13.9. The predicted octanol–water partition coefficient (Wildman–Crippen LogP) is 6.31. The first-order valence-corrected chi connectivity index (χ1v) is 16.2. The number of anilines is 1. The minimum absolute atomic E-state index is 0.00590. The Bertz CT molecular complexity index is 1760. The highest BCUT2D eigenvalue weighted by Gasteiger charge is 2.69. The number of fused-ring (bicyclic) bond motifs is 9. The molecule has 1 N–H and O–H groups in total. The number of aryl methyl sites for hydroxylation is 2. The minimum Gasteiger partial charge on any atom is -0.489 e. The van der Waals surface area contributed by atoms with Crippen LogP contribution < -0.4 is 14.5 Å². The largest absolute Gasteiger partial charge is 0.489 e. The molecular weight excluding hydrogens is 565 g/mol. The summed E-state index contributed by atoms with van der Waals surface area (Å²) in [6, 6.07) is 24.2. The molecule has 7 atom stereocenters. The molecule has 212 valence electrons. The molecule has 0 radical (unpaired) electrons. The van der Waals surface area contributed by atoms with Crippen LogP contribution in [0.4, 0.5) is 5.69 Å². The van der Waals surface area contributed by atoms with Crippen molar-refractivity contribution in [2.45, 2.75) is 43.1 Å². The highest BCUT2D eigenvalue weighted by atomic mass is 32.2. The molecule has 3 aromatic carbocycles. The van der Waals surface area contributed by atoms with Gasteiger partial charge in [-0.05, 0) is 73.4 Å². The monoisotopic (exact) mass is 594 g/mol. The van der Waals surface area contributed by atoms with Crippen LogP contribution in [0, 0.1) is 43.4 Å². The van der Waals surface area contributed by atoms with Crippen molar-refractivity contribution in [2.75, 3.05) is 4.90 Å². The summed E-state index contributed by atoms with van der Waals surface area (Å²) in [5, 5.41) is 1.10. The van der Waals surface area contributed by atoms with Crippen molar-refractivity contribution in [1.82, 2.24) is 4.98 Å². The first-order chi connectivity index (χ1) is 20.4. The van der Waals surface area contributed by atoms with Gasteiger partial charge in [0.05, 0.1) is 22.5 Å². The van der Waals surface area contributed by atoms with E-state index in [1.807, 2.05) is 43.3 Å². The van der Waals surface area contributed by atoms with E-state index in [0.29, 0.717) is 12.3 Å². The molecule has 2 bridgehead atoms. The number of hydrogen-bond acceptors (Lipinski definition) is 6. The zero-order valence-corrected chi connectivity index (χ0v) is 24.9. The van der Waals surface area contributed by atoms with Crippen molar-refractivity contribution in [2.24, 2.45) is 29.6 Å². The molecule has 0 unspecified atom stereocenters. The van der Waals surface area contributed by atoms with Crippen LogP contribution in [0.1, 0.15) is 39.5 Å². The SMILES string of the molecule is Cc1ccc(COc2ccc([C@@H]3c4sc(=O)[nH]c4S[C@@H]4[C@@H]5C[C@@H]([C@@H]6C(=O)N(c7ccc(C)cc7)C(=O)[C@@H]56)[C@@H]34)cc2)cc1. The topological polar surface area (TPSA) is 79.5 Å². The summed E-state index contributed by atoms with van der Waals surface area (Å²) in [5.74, 6) is 0.457. The lowest BCUT2D eigenvalue weighted by molar-refractivity contribution is -0.123. The molecule has 8 rings (SSSR count). The molecule has 8 heteroatoms. The molecule has 0 spiro atoms. The molecule has 4 aliphatic rings. The van der Waals surface area contributed by atoms with Gasteiger partial charge in [-0.15, -0.1) is 11.8 Å². The normalized spacial score (nSPS) is 29.0. The Morgan fingerprint density at radius 3 is 2.17 bits per heavy atom. The van der Waals surface area contributed by atoms with Gasteiger partial charge in [-0.3, -0.25) is 19.3 Å². The van der Waals surface area contributed by atoms with Crippen LogP contribution in [0.15, 0.2) is 82.6 Å². The number of benzene rings is 3. The summed E-state index contributed by atoms with van der Waals surface area (Å²) >= 11 is 3.00. The Kier molecular flexibility index (Phi) is 6.02. The number of ether oxygens (including phenoxy) is 1. The van der Waals surface area contributed by atoms with E-state index in [0.717, 1.165) is 38.8 Å². The standard InChI is InChI=1S/C34H30N2O4S2/c1-17-3-7-19(8-4-17)16-40-22-13-9-20(10-14-22)25-26-23-15-24(29(26)41-31-30(25)42-34(39)35-31)28-27(23)32(37)36(33(28)38)21-11-5-18(2)6-12-21/h3-14,23-29H,15-16H2,1-2H3,(H,35,39)/t23-,24-,25+,26+,27+,28+,29-/m1/s1. The molecule has 6 nitrogen and oxygen atoms in total. The van der Waals surface area contributed by atoms with E-state index in [2.05, 4.69) is 48.3 Å². The number of hydrogen-bond donors (Lipinski definition) is 1. The number of H-pyrrole nitrogens is 1. The summed E-state index contributed by atoms with van der Waals surface area (Å²) in [5.41, 5.74) is 5.22. The number of nitrogens with one attached hydrogen (secondary N) is 1. The Morgan fingerprint density at radius 1 is 0.833 bits per heavy atom. The molecular formula is C34H30N2O4S2. The third kappa shape index (κ3) is 3.95. The van der Waals surface area contributed by atoms with Crippen LogP contribution in [0.25, 0.3) is 0 Å². The number of imide groups is 1. The van der Waals surface area contributed by atoms with E-state index in [1.54, 1.807) is 11.8 Å². The average Bonchev–Trinajstić information content (AvgIpc) is 3.72. The van der Waals surface area contributed by atoms with Crippen molar-refractivity contribution in [1.29, 1.82) is 0 Å². The molecule has 2 aliphatic heterocycles. The van der Waals surface area contributed by atoms with Gasteiger partial charge >= 0.3 is 4.87 Å². The number of aromatic amines is 1. The number of rotatable bonds is 5. The Morgan fingerprint density at radius 2 is 1.48 bits per heavy atom. The van der Waals surface area contributed by atoms with Crippen LogP contribution in [0.3, 0.4) is 0 Å². The van der Waals surface area contributed by atoms with Gasteiger partial charge in [0.1, 0.15) is 12.4 Å². The Labute approximate surface area is 252 Å². The number of carbonyl (C=O) groups excluding carboxylic acids is 2. The quantitative estimate of drug-likeness (QED) is 0.274. The maximum atomic E-state index is 13.9. The second-order valence-corrected chi connectivity index (χ2v) is 14.4. The Hall–Kier alpha value is -3.62. The van der Waals surface area contributed by atoms with Gasteiger partial charge in [0.2, 0.25) is 11.8 Å². The number of aromatic nitrogens is 1. The number of thioether (sulfide) groups is 1. The van der Waals surface area contributed by atoms with Gasteiger partial charge in [-0.25, -0.2) is 0 Å². The second kappa shape index (κ2) is 9.71. The van der Waals surface area contributed by atoms with Crippen LogP contribution in [-0.2, 0) is 16.2 Å². The molecule has 3 heterocycles. The van der Waals surface area contributed by atoms with Gasteiger partial charge in [-0.2, -0.15) is 0 Å².